The van der Waals surface area contributed by atoms with Gasteiger partial charge in [0.05, 0.1) is 5.75 Å². The molecule has 0 radical (unpaired) electrons. The quantitative estimate of drug-likeness (QED) is 0.755. The summed E-state index contributed by atoms with van der Waals surface area (Å²) in [6, 6.07) is 10.2. The van der Waals surface area contributed by atoms with Gasteiger partial charge in [-0.3, -0.25) is 4.90 Å². The lowest BCUT2D eigenvalue weighted by Gasteiger charge is -2.34. The summed E-state index contributed by atoms with van der Waals surface area (Å²) < 4.78 is 28.1. The first kappa shape index (κ1) is 18.1. The molecule has 0 aliphatic carbocycles. The van der Waals surface area contributed by atoms with E-state index in [0.717, 1.165) is 37.6 Å². The molecule has 0 unspecified atom stereocenters. The number of imidazole rings is 1. The lowest BCUT2D eigenvalue weighted by molar-refractivity contribution is 0.183. The number of piperazine rings is 1. The summed E-state index contributed by atoms with van der Waals surface area (Å²) in [5, 5.41) is 0. The van der Waals surface area contributed by atoms with Crippen molar-refractivity contribution < 1.29 is 8.42 Å². The van der Waals surface area contributed by atoms with Gasteiger partial charge in [-0.1, -0.05) is 37.3 Å². The van der Waals surface area contributed by atoms with E-state index in [4.69, 9.17) is 0 Å². The van der Waals surface area contributed by atoms with Gasteiger partial charge in [-0.2, -0.15) is 4.31 Å². The van der Waals surface area contributed by atoms with Gasteiger partial charge in [-0.05, 0) is 6.42 Å². The van der Waals surface area contributed by atoms with Crippen LogP contribution in [0.15, 0.2) is 42.7 Å². The van der Waals surface area contributed by atoms with Crippen LogP contribution in [0.3, 0.4) is 0 Å². The topological polar surface area (TPSA) is 58.4 Å². The van der Waals surface area contributed by atoms with E-state index in [1.807, 2.05) is 37.5 Å². The monoisotopic (exact) mass is 362 g/mol. The molecule has 3 rings (SSSR count). The molecule has 6 nitrogen and oxygen atoms in total. The molecule has 1 saturated heterocycles. The van der Waals surface area contributed by atoms with E-state index in [1.54, 1.807) is 4.31 Å². The first-order valence-corrected chi connectivity index (χ1v) is 10.5. The molecule has 25 heavy (non-hydrogen) atoms. The maximum atomic E-state index is 12.1. The molecular formula is C18H26N4O2S. The first-order valence-electron chi connectivity index (χ1n) is 8.87. The van der Waals surface area contributed by atoms with Crippen LogP contribution in [0.4, 0.5) is 0 Å². The Morgan fingerprint density at radius 1 is 1.04 bits per heavy atom. The van der Waals surface area contributed by atoms with Gasteiger partial charge in [0.2, 0.25) is 10.0 Å². The summed E-state index contributed by atoms with van der Waals surface area (Å²) in [6.45, 7) is 6.43. The van der Waals surface area contributed by atoms with Crippen molar-refractivity contribution in [2.75, 3.05) is 38.5 Å². The SMILES string of the molecule is CCCS(=O)(=O)N1CCN(CCn2ccnc2-c2ccccc2)CC1. The fraction of sp³-hybridized carbons (Fsp3) is 0.500. The van der Waals surface area contributed by atoms with Crippen LogP contribution in [0, 0.1) is 0 Å². The highest BCUT2D eigenvalue weighted by atomic mass is 32.2. The smallest absolute Gasteiger partial charge is 0.214 e. The third-order valence-corrected chi connectivity index (χ3v) is 6.67. The fourth-order valence-corrected chi connectivity index (χ4v) is 4.70. The minimum Gasteiger partial charge on any atom is -0.330 e. The summed E-state index contributed by atoms with van der Waals surface area (Å²) in [7, 11) is -3.07. The molecule has 136 valence electrons. The molecule has 1 aromatic carbocycles. The van der Waals surface area contributed by atoms with Crippen molar-refractivity contribution in [1.82, 2.24) is 18.8 Å². The highest BCUT2D eigenvalue weighted by molar-refractivity contribution is 7.89. The Bertz CT molecular complexity index is 765. The Morgan fingerprint density at radius 3 is 2.44 bits per heavy atom. The van der Waals surface area contributed by atoms with Crippen molar-refractivity contribution in [3.05, 3.63) is 42.7 Å². The lowest BCUT2D eigenvalue weighted by Crippen LogP contribution is -2.49. The molecule has 0 saturated carbocycles. The average Bonchev–Trinajstić information content (AvgIpc) is 3.10. The second-order valence-corrected chi connectivity index (χ2v) is 8.46. The number of aromatic nitrogens is 2. The molecule has 1 aliphatic heterocycles. The molecule has 2 heterocycles. The van der Waals surface area contributed by atoms with Gasteiger partial charge >= 0.3 is 0 Å². The van der Waals surface area contributed by atoms with Crippen molar-refractivity contribution in [1.29, 1.82) is 0 Å². The Morgan fingerprint density at radius 2 is 1.76 bits per heavy atom. The molecule has 0 spiro atoms. The zero-order chi connectivity index (χ0) is 17.7. The minimum atomic E-state index is -3.07. The summed E-state index contributed by atoms with van der Waals surface area (Å²) in [4.78, 5) is 6.80. The van der Waals surface area contributed by atoms with Crippen molar-refractivity contribution >= 4 is 10.0 Å². The predicted octanol–water partition coefficient (Wildman–Crippen LogP) is 1.91. The summed E-state index contributed by atoms with van der Waals surface area (Å²) in [6.07, 6.45) is 4.51. The van der Waals surface area contributed by atoms with Crippen LogP contribution in [0.25, 0.3) is 11.4 Å². The van der Waals surface area contributed by atoms with Gasteiger partial charge in [0.15, 0.2) is 0 Å². The van der Waals surface area contributed by atoms with Gasteiger partial charge in [-0.15, -0.1) is 0 Å². The third-order valence-electron chi connectivity index (χ3n) is 4.59. The van der Waals surface area contributed by atoms with E-state index in [-0.39, 0.29) is 5.75 Å². The van der Waals surface area contributed by atoms with Crippen LogP contribution >= 0.6 is 0 Å². The predicted molar refractivity (Wildman–Crippen MR) is 99.8 cm³/mol. The van der Waals surface area contributed by atoms with Crippen molar-refractivity contribution in [3.63, 3.8) is 0 Å². The molecule has 1 aromatic heterocycles. The molecule has 1 aliphatic rings. The highest BCUT2D eigenvalue weighted by Gasteiger charge is 2.25. The Kier molecular flexibility index (Phi) is 5.88. The van der Waals surface area contributed by atoms with Gasteiger partial charge in [0, 0.05) is 57.2 Å². The van der Waals surface area contributed by atoms with Gasteiger partial charge in [0.25, 0.3) is 0 Å². The summed E-state index contributed by atoms with van der Waals surface area (Å²) in [5.41, 5.74) is 1.11. The van der Waals surface area contributed by atoms with Crippen LogP contribution in [0.5, 0.6) is 0 Å². The van der Waals surface area contributed by atoms with E-state index < -0.39 is 10.0 Å². The van der Waals surface area contributed by atoms with E-state index in [1.165, 1.54) is 0 Å². The zero-order valence-corrected chi connectivity index (χ0v) is 15.5. The Balaban J connectivity index is 1.54. The molecule has 0 bridgehead atoms. The van der Waals surface area contributed by atoms with Gasteiger partial charge in [-0.25, -0.2) is 13.4 Å². The standard InChI is InChI=1S/C18H26N4O2S/c1-2-16-25(23,24)22-14-11-20(12-15-22)10-13-21-9-8-19-18(21)17-6-4-3-5-7-17/h3-9H,2,10-16H2,1H3. The molecule has 7 heteroatoms. The van der Waals surface area contributed by atoms with Crippen molar-refractivity contribution in [2.24, 2.45) is 0 Å². The van der Waals surface area contributed by atoms with Crippen molar-refractivity contribution in [3.8, 4) is 11.4 Å². The molecular weight excluding hydrogens is 336 g/mol. The number of sulfonamides is 1. The second kappa shape index (κ2) is 8.12. The third kappa shape index (κ3) is 4.48. The normalized spacial score (nSPS) is 17.0. The van der Waals surface area contributed by atoms with E-state index in [0.29, 0.717) is 19.5 Å². The fourth-order valence-electron chi connectivity index (χ4n) is 3.20. The molecule has 0 amide bonds. The van der Waals surface area contributed by atoms with Crippen LogP contribution in [0.1, 0.15) is 13.3 Å². The number of rotatable bonds is 7. The zero-order valence-electron chi connectivity index (χ0n) is 14.7. The largest absolute Gasteiger partial charge is 0.330 e. The minimum absolute atomic E-state index is 0.252. The van der Waals surface area contributed by atoms with E-state index >= 15 is 0 Å². The van der Waals surface area contributed by atoms with Crippen LogP contribution < -0.4 is 0 Å². The summed E-state index contributed by atoms with van der Waals surface area (Å²) >= 11 is 0. The highest BCUT2D eigenvalue weighted by Crippen LogP contribution is 2.17. The molecule has 2 aromatic rings. The number of nitrogens with zero attached hydrogens (tertiary/aromatic N) is 4. The second-order valence-electron chi connectivity index (χ2n) is 6.37. The van der Waals surface area contributed by atoms with Gasteiger partial charge < -0.3 is 4.57 Å². The van der Waals surface area contributed by atoms with Gasteiger partial charge in [0.1, 0.15) is 5.82 Å². The Hall–Kier alpha value is -1.70. The number of benzene rings is 1. The average molecular weight is 362 g/mol. The van der Waals surface area contributed by atoms with Crippen LogP contribution in [0.2, 0.25) is 0 Å². The van der Waals surface area contributed by atoms with Crippen LogP contribution in [-0.4, -0.2) is 65.7 Å². The van der Waals surface area contributed by atoms with E-state index in [2.05, 4.69) is 26.6 Å². The molecule has 1 fully saturated rings. The van der Waals surface area contributed by atoms with E-state index in [9.17, 15) is 8.42 Å². The lowest BCUT2D eigenvalue weighted by atomic mass is 10.2. The summed E-state index contributed by atoms with van der Waals surface area (Å²) in [5.74, 6) is 1.23. The number of hydrogen-bond donors (Lipinski definition) is 0. The maximum Gasteiger partial charge on any atom is 0.214 e. The van der Waals surface area contributed by atoms with Crippen LogP contribution in [-0.2, 0) is 16.6 Å². The maximum absolute atomic E-state index is 12.1. The Labute approximate surface area is 150 Å². The molecule has 0 N–H and O–H groups in total. The van der Waals surface area contributed by atoms with Crippen molar-refractivity contribution in [2.45, 2.75) is 19.9 Å². The number of hydrogen-bond acceptors (Lipinski definition) is 4. The molecule has 0 atom stereocenters. The first-order chi connectivity index (χ1) is 12.1.